The Balaban J connectivity index is 1.88. The summed E-state index contributed by atoms with van der Waals surface area (Å²) in [6.45, 7) is 7.97. The molecule has 0 saturated heterocycles. The minimum Gasteiger partial charge on any atom is -0.598 e. The predicted octanol–water partition coefficient (Wildman–Crippen LogP) is 4.95. The number of aromatic amines is 1. The first-order valence-corrected chi connectivity index (χ1v) is 9.36. The van der Waals surface area contributed by atoms with Crippen LogP contribution in [0.1, 0.15) is 39.3 Å². The van der Waals surface area contributed by atoms with Crippen molar-refractivity contribution in [2.75, 3.05) is 0 Å². The first kappa shape index (κ1) is 17.1. The van der Waals surface area contributed by atoms with Gasteiger partial charge in [0.1, 0.15) is 4.75 Å². The molecule has 0 unspecified atom stereocenters. The fourth-order valence-electron chi connectivity index (χ4n) is 2.68. The van der Waals surface area contributed by atoms with Crippen LogP contribution in [0, 0.1) is 0 Å². The van der Waals surface area contributed by atoms with E-state index in [1.807, 2.05) is 33.8 Å². The highest BCUT2D eigenvalue weighted by Crippen LogP contribution is 2.30. The monoisotopic (exact) mass is 340 g/mol. The van der Waals surface area contributed by atoms with Gasteiger partial charge >= 0.3 is 0 Å². The van der Waals surface area contributed by atoms with Crippen LogP contribution in [-0.4, -0.2) is 14.3 Å². The molecule has 0 saturated carbocycles. The largest absolute Gasteiger partial charge is 0.598 e. The van der Waals surface area contributed by atoms with E-state index < -0.39 is 11.4 Å². The molecule has 1 aromatic heterocycles. The van der Waals surface area contributed by atoms with Crippen LogP contribution in [-0.2, 0) is 11.4 Å². The van der Waals surface area contributed by atoms with Crippen molar-refractivity contribution in [2.45, 2.75) is 38.5 Å². The van der Waals surface area contributed by atoms with Crippen LogP contribution in [0.4, 0.5) is 0 Å². The topological polar surface area (TPSA) is 50.9 Å². The van der Waals surface area contributed by atoms with Crippen molar-refractivity contribution in [3.8, 4) is 11.1 Å². The lowest BCUT2D eigenvalue weighted by Gasteiger charge is -2.26. The summed E-state index contributed by atoms with van der Waals surface area (Å²) in [6, 6.07) is 16.8. The van der Waals surface area contributed by atoms with E-state index in [1.54, 1.807) is 0 Å². The quantitative estimate of drug-likeness (QED) is 0.660. The van der Waals surface area contributed by atoms with E-state index in [0.29, 0.717) is 0 Å². The molecule has 3 aromatic rings. The fourth-order valence-corrected chi connectivity index (χ4v) is 3.49. The second-order valence-corrected chi connectivity index (χ2v) is 9.09. The number of aromatic nitrogens is 1. The van der Waals surface area contributed by atoms with E-state index in [2.05, 4.69) is 58.4 Å². The summed E-state index contributed by atoms with van der Waals surface area (Å²) in [7, 11) is 0. The smallest absolute Gasteiger partial charge is 0.136 e. The number of H-pyrrole nitrogens is 1. The zero-order valence-corrected chi connectivity index (χ0v) is 15.4. The van der Waals surface area contributed by atoms with Crippen LogP contribution in [0.15, 0.2) is 54.7 Å². The third-order valence-electron chi connectivity index (χ3n) is 4.13. The molecule has 0 radical (unpaired) electrons. The molecule has 24 heavy (non-hydrogen) atoms. The lowest BCUT2D eigenvalue weighted by atomic mass is 10.0. The van der Waals surface area contributed by atoms with E-state index >= 15 is 0 Å². The highest BCUT2D eigenvalue weighted by molar-refractivity contribution is 7.90. The van der Waals surface area contributed by atoms with E-state index in [0.717, 1.165) is 11.1 Å². The van der Waals surface area contributed by atoms with Crippen molar-refractivity contribution in [2.24, 2.45) is 0 Å². The van der Waals surface area contributed by atoms with Gasteiger partial charge in [-0.1, -0.05) is 42.5 Å². The fraction of sp³-hybridized carbons (Fsp3) is 0.300. The van der Waals surface area contributed by atoms with Gasteiger partial charge in [0.15, 0.2) is 0 Å². The van der Waals surface area contributed by atoms with Crippen LogP contribution >= 0.6 is 0 Å². The second-order valence-electron chi connectivity index (χ2n) is 7.09. The summed E-state index contributed by atoms with van der Waals surface area (Å²) >= 11 is -1.09. The molecule has 1 heterocycles. The van der Waals surface area contributed by atoms with Gasteiger partial charge in [-0.05, 0) is 44.9 Å². The Bertz CT molecular complexity index is 821. The van der Waals surface area contributed by atoms with Gasteiger partial charge in [0.05, 0.1) is 6.04 Å². The van der Waals surface area contributed by atoms with Gasteiger partial charge < -0.3 is 9.54 Å². The maximum atomic E-state index is 12.3. The van der Waals surface area contributed by atoms with Gasteiger partial charge in [0.2, 0.25) is 0 Å². The van der Waals surface area contributed by atoms with Crippen molar-refractivity contribution >= 4 is 22.3 Å². The molecule has 0 aliphatic rings. The van der Waals surface area contributed by atoms with Crippen molar-refractivity contribution in [3.05, 3.63) is 60.3 Å². The highest BCUT2D eigenvalue weighted by atomic mass is 32.2. The molecule has 0 fully saturated rings. The normalized spacial score (nSPS) is 14.7. The van der Waals surface area contributed by atoms with Crippen LogP contribution in [0.3, 0.4) is 0 Å². The Morgan fingerprint density at radius 2 is 1.79 bits per heavy atom. The molecule has 0 aliphatic heterocycles. The lowest BCUT2D eigenvalue weighted by Crippen LogP contribution is -2.40. The molecule has 126 valence electrons. The van der Waals surface area contributed by atoms with E-state index in [9.17, 15) is 4.55 Å². The number of fused-ring (bicyclic) bond motifs is 1. The van der Waals surface area contributed by atoms with Crippen molar-refractivity contribution in [1.29, 1.82) is 0 Å². The molecule has 2 aromatic carbocycles. The maximum Gasteiger partial charge on any atom is 0.136 e. The number of nitrogens with one attached hydrogen (secondary N) is 2. The second kappa shape index (κ2) is 6.63. The van der Waals surface area contributed by atoms with Crippen molar-refractivity contribution in [3.63, 3.8) is 0 Å². The van der Waals surface area contributed by atoms with Crippen LogP contribution in [0.5, 0.6) is 0 Å². The molecular formula is C20H24N2OS. The molecule has 2 atom stereocenters. The molecule has 2 N–H and O–H groups in total. The first-order chi connectivity index (χ1) is 11.4. The predicted molar refractivity (Wildman–Crippen MR) is 103 cm³/mol. The Morgan fingerprint density at radius 3 is 2.46 bits per heavy atom. The van der Waals surface area contributed by atoms with Crippen molar-refractivity contribution < 1.29 is 4.55 Å². The standard InChI is InChI=1S/C20H24N2OS/c1-14(22-24(23)20(2,3)4)16-10-11-17-18(13-21-19(17)12-16)15-8-6-5-7-9-15/h5-14,21-22H,1-4H3/t14-,24+/m0/s1. The molecule has 4 heteroatoms. The van der Waals surface area contributed by atoms with Gasteiger partial charge in [-0.15, -0.1) is 4.72 Å². The molecule has 0 aliphatic carbocycles. The zero-order valence-electron chi connectivity index (χ0n) is 14.6. The summed E-state index contributed by atoms with van der Waals surface area (Å²) in [5, 5.41) is 1.20. The van der Waals surface area contributed by atoms with Gasteiger partial charge in [-0.3, -0.25) is 0 Å². The van der Waals surface area contributed by atoms with E-state index in [1.165, 1.54) is 16.5 Å². The van der Waals surface area contributed by atoms with Gasteiger partial charge in [-0.2, -0.15) is 0 Å². The van der Waals surface area contributed by atoms with Gasteiger partial charge in [0.25, 0.3) is 0 Å². The minimum absolute atomic E-state index is 0.0259. The minimum atomic E-state index is -1.09. The molecule has 0 spiro atoms. The summed E-state index contributed by atoms with van der Waals surface area (Å²) in [5.41, 5.74) is 4.63. The van der Waals surface area contributed by atoms with E-state index in [4.69, 9.17) is 0 Å². The van der Waals surface area contributed by atoms with Crippen LogP contribution in [0.25, 0.3) is 22.0 Å². The molecule has 3 rings (SSSR count). The third kappa shape index (κ3) is 3.51. The Morgan fingerprint density at radius 1 is 1.08 bits per heavy atom. The summed E-state index contributed by atoms with van der Waals surface area (Å²) in [6.07, 6.45) is 2.05. The summed E-state index contributed by atoms with van der Waals surface area (Å²) in [5.74, 6) is 0. The highest BCUT2D eigenvalue weighted by Gasteiger charge is 2.28. The molecular weight excluding hydrogens is 316 g/mol. The molecule has 0 amide bonds. The van der Waals surface area contributed by atoms with E-state index in [-0.39, 0.29) is 10.8 Å². The Kier molecular flexibility index (Phi) is 4.72. The summed E-state index contributed by atoms with van der Waals surface area (Å²) in [4.78, 5) is 3.36. The van der Waals surface area contributed by atoms with Crippen molar-refractivity contribution in [1.82, 2.24) is 9.71 Å². The maximum absolute atomic E-state index is 12.3. The average Bonchev–Trinajstić information content (AvgIpc) is 2.97. The SMILES string of the molecule is C[C@H](N[S@+]([O-])C(C)(C)C)c1ccc2c(-c3ccccc3)c[nH]c2c1. The number of rotatable bonds is 4. The van der Waals surface area contributed by atoms with Gasteiger partial charge in [-0.25, -0.2) is 0 Å². The van der Waals surface area contributed by atoms with Crippen LogP contribution < -0.4 is 4.72 Å². The van der Waals surface area contributed by atoms with Gasteiger partial charge in [0, 0.05) is 34.0 Å². The molecule has 0 bridgehead atoms. The number of benzene rings is 2. The van der Waals surface area contributed by atoms with Crippen LogP contribution in [0.2, 0.25) is 0 Å². The third-order valence-corrected chi connectivity index (χ3v) is 5.81. The average molecular weight is 340 g/mol. The summed E-state index contributed by atoms with van der Waals surface area (Å²) < 4.78 is 15.2. The molecule has 3 nitrogen and oxygen atoms in total. The lowest BCUT2D eigenvalue weighted by molar-refractivity contribution is 0.531. The number of hydrogen-bond acceptors (Lipinski definition) is 2. The Labute approximate surface area is 146 Å². The number of hydrogen-bond donors (Lipinski definition) is 2. The Hall–Kier alpha value is -1.75. The zero-order chi connectivity index (χ0) is 17.3. The first-order valence-electron chi connectivity index (χ1n) is 8.21.